The number of hydrogen-bond donors (Lipinski definition) is 1. The lowest BCUT2D eigenvalue weighted by atomic mass is 10.1. The molecule has 0 saturated heterocycles. The minimum atomic E-state index is -3.27. The molecule has 2 rings (SSSR count). The highest BCUT2D eigenvalue weighted by atomic mass is 32.2. The molecule has 0 radical (unpaired) electrons. The van der Waals surface area contributed by atoms with Gasteiger partial charge in [0.15, 0.2) is 0 Å². The summed E-state index contributed by atoms with van der Waals surface area (Å²) in [5.74, 6) is -0.151. The lowest BCUT2D eigenvalue weighted by Crippen LogP contribution is -2.21. The standard InChI is InChI=1S/C16H18N2O4S/c1-12-8-9-16(18(19)20)14(10-12)17-15(11-23(2,21)22)13-6-4-3-5-7-13/h3-10,15,17H,11H2,1-2H3/t15-/m1/s1. The molecule has 7 heteroatoms. The summed E-state index contributed by atoms with van der Waals surface area (Å²) in [5.41, 5.74) is 1.84. The molecule has 0 spiro atoms. The second-order valence-corrected chi connectivity index (χ2v) is 7.66. The quantitative estimate of drug-likeness (QED) is 0.647. The number of hydrogen-bond acceptors (Lipinski definition) is 5. The zero-order valence-electron chi connectivity index (χ0n) is 12.9. The van der Waals surface area contributed by atoms with Gasteiger partial charge in [-0.1, -0.05) is 36.4 Å². The first kappa shape index (κ1) is 17.0. The number of anilines is 1. The topological polar surface area (TPSA) is 89.3 Å². The van der Waals surface area contributed by atoms with Gasteiger partial charge < -0.3 is 5.32 Å². The van der Waals surface area contributed by atoms with Gasteiger partial charge in [-0.15, -0.1) is 0 Å². The average Bonchev–Trinajstić information content (AvgIpc) is 2.46. The third-order valence-corrected chi connectivity index (χ3v) is 4.29. The Labute approximate surface area is 135 Å². The highest BCUT2D eigenvalue weighted by molar-refractivity contribution is 7.90. The molecule has 0 aromatic heterocycles. The van der Waals surface area contributed by atoms with E-state index >= 15 is 0 Å². The maximum Gasteiger partial charge on any atom is 0.292 e. The van der Waals surface area contributed by atoms with Crippen LogP contribution in [0.4, 0.5) is 11.4 Å². The van der Waals surface area contributed by atoms with Gasteiger partial charge in [0.1, 0.15) is 15.5 Å². The van der Waals surface area contributed by atoms with Crippen LogP contribution in [0, 0.1) is 17.0 Å². The second kappa shape index (κ2) is 6.78. The average molecular weight is 334 g/mol. The lowest BCUT2D eigenvalue weighted by Gasteiger charge is -2.20. The molecule has 2 aromatic carbocycles. The summed E-state index contributed by atoms with van der Waals surface area (Å²) in [5, 5.41) is 14.2. The number of nitro benzene ring substituents is 1. The molecule has 23 heavy (non-hydrogen) atoms. The molecule has 0 aliphatic heterocycles. The molecule has 0 aliphatic rings. The molecular formula is C16H18N2O4S. The van der Waals surface area contributed by atoms with E-state index in [1.54, 1.807) is 36.4 Å². The number of sulfone groups is 1. The van der Waals surface area contributed by atoms with E-state index in [-0.39, 0.29) is 11.4 Å². The van der Waals surface area contributed by atoms with Gasteiger partial charge in [0.2, 0.25) is 0 Å². The van der Waals surface area contributed by atoms with Gasteiger partial charge in [-0.2, -0.15) is 0 Å². The predicted octanol–water partition coefficient (Wildman–Crippen LogP) is 3.10. The highest BCUT2D eigenvalue weighted by Crippen LogP contribution is 2.29. The molecule has 1 atom stereocenters. The largest absolute Gasteiger partial charge is 0.372 e. The van der Waals surface area contributed by atoms with E-state index in [0.29, 0.717) is 5.69 Å². The van der Waals surface area contributed by atoms with Crippen LogP contribution >= 0.6 is 0 Å². The van der Waals surface area contributed by atoms with Crippen LogP contribution < -0.4 is 5.32 Å². The van der Waals surface area contributed by atoms with Gasteiger partial charge in [0, 0.05) is 12.3 Å². The summed E-state index contributed by atoms with van der Waals surface area (Å²) >= 11 is 0. The van der Waals surface area contributed by atoms with Crippen LogP contribution in [0.5, 0.6) is 0 Å². The highest BCUT2D eigenvalue weighted by Gasteiger charge is 2.21. The molecule has 0 saturated carbocycles. The van der Waals surface area contributed by atoms with Crippen LogP contribution in [-0.2, 0) is 9.84 Å². The summed E-state index contributed by atoms with van der Waals surface area (Å²) in [6, 6.07) is 13.2. The third kappa shape index (κ3) is 4.79. The minimum Gasteiger partial charge on any atom is -0.372 e. The van der Waals surface area contributed by atoms with Gasteiger partial charge >= 0.3 is 0 Å². The molecule has 2 aromatic rings. The maximum atomic E-state index is 11.7. The zero-order valence-corrected chi connectivity index (χ0v) is 13.7. The van der Waals surface area contributed by atoms with E-state index in [1.165, 1.54) is 6.07 Å². The molecular weight excluding hydrogens is 316 g/mol. The van der Waals surface area contributed by atoms with Gasteiger partial charge in [0.25, 0.3) is 5.69 Å². The van der Waals surface area contributed by atoms with Crippen molar-refractivity contribution in [1.29, 1.82) is 0 Å². The van der Waals surface area contributed by atoms with Crippen molar-refractivity contribution >= 4 is 21.2 Å². The molecule has 0 amide bonds. The molecule has 0 fully saturated rings. The first-order valence-corrected chi connectivity index (χ1v) is 9.06. The first-order valence-electron chi connectivity index (χ1n) is 7.00. The van der Waals surface area contributed by atoms with Crippen molar-refractivity contribution in [3.63, 3.8) is 0 Å². The van der Waals surface area contributed by atoms with Gasteiger partial charge in [0.05, 0.1) is 16.7 Å². The number of benzene rings is 2. The van der Waals surface area contributed by atoms with Crippen LogP contribution in [0.15, 0.2) is 48.5 Å². The van der Waals surface area contributed by atoms with Crippen LogP contribution in [0.1, 0.15) is 17.2 Å². The molecule has 122 valence electrons. The van der Waals surface area contributed by atoms with Crippen LogP contribution in [0.2, 0.25) is 0 Å². The van der Waals surface area contributed by atoms with E-state index in [4.69, 9.17) is 0 Å². The Morgan fingerprint density at radius 2 is 1.83 bits per heavy atom. The van der Waals surface area contributed by atoms with Crippen molar-refractivity contribution in [2.24, 2.45) is 0 Å². The molecule has 0 bridgehead atoms. The summed E-state index contributed by atoms with van der Waals surface area (Å²) < 4.78 is 23.4. The lowest BCUT2D eigenvalue weighted by molar-refractivity contribution is -0.384. The Hall–Kier alpha value is -2.41. The van der Waals surface area contributed by atoms with E-state index in [9.17, 15) is 18.5 Å². The maximum absolute atomic E-state index is 11.7. The number of nitro groups is 1. The Kier molecular flexibility index (Phi) is 5.00. The van der Waals surface area contributed by atoms with Crippen molar-refractivity contribution in [3.05, 3.63) is 69.8 Å². The Morgan fingerprint density at radius 1 is 1.17 bits per heavy atom. The van der Waals surface area contributed by atoms with Crippen LogP contribution in [-0.4, -0.2) is 25.3 Å². The van der Waals surface area contributed by atoms with Crippen molar-refractivity contribution in [3.8, 4) is 0 Å². The van der Waals surface area contributed by atoms with Crippen molar-refractivity contribution in [2.45, 2.75) is 13.0 Å². The number of nitrogens with zero attached hydrogens (tertiary/aromatic N) is 1. The fourth-order valence-electron chi connectivity index (χ4n) is 2.32. The van der Waals surface area contributed by atoms with Crippen molar-refractivity contribution < 1.29 is 13.3 Å². The summed E-state index contributed by atoms with van der Waals surface area (Å²) in [4.78, 5) is 10.7. The van der Waals surface area contributed by atoms with E-state index < -0.39 is 20.8 Å². The van der Waals surface area contributed by atoms with Crippen LogP contribution in [0.3, 0.4) is 0 Å². The van der Waals surface area contributed by atoms with Crippen LogP contribution in [0.25, 0.3) is 0 Å². The third-order valence-electron chi connectivity index (χ3n) is 3.35. The number of nitrogens with one attached hydrogen (secondary N) is 1. The minimum absolute atomic E-state index is 0.0787. The Morgan fingerprint density at radius 3 is 2.39 bits per heavy atom. The normalized spacial score (nSPS) is 12.6. The summed E-state index contributed by atoms with van der Waals surface area (Å²) in [7, 11) is -3.27. The van der Waals surface area contributed by atoms with Crippen molar-refractivity contribution in [2.75, 3.05) is 17.3 Å². The van der Waals surface area contributed by atoms with E-state index in [2.05, 4.69) is 5.32 Å². The van der Waals surface area contributed by atoms with Gasteiger partial charge in [-0.25, -0.2) is 8.42 Å². The fraction of sp³-hybridized carbons (Fsp3) is 0.250. The first-order chi connectivity index (χ1) is 10.8. The molecule has 0 heterocycles. The smallest absolute Gasteiger partial charge is 0.292 e. The van der Waals surface area contributed by atoms with E-state index in [1.807, 2.05) is 13.0 Å². The summed E-state index contributed by atoms with van der Waals surface area (Å²) in [6.45, 7) is 1.82. The molecule has 0 aliphatic carbocycles. The zero-order chi connectivity index (χ0) is 17.0. The van der Waals surface area contributed by atoms with E-state index in [0.717, 1.165) is 17.4 Å². The fourth-order valence-corrected chi connectivity index (χ4v) is 3.20. The number of aryl methyl sites for hydroxylation is 1. The Balaban J connectivity index is 2.42. The molecule has 0 unspecified atom stereocenters. The second-order valence-electron chi connectivity index (χ2n) is 5.48. The van der Waals surface area contributed by atoms with Gasteiger partial charge in [-0.05, 0) is 24.1 Å². The Bertz CT molecular complexity index is 804. The van der Waals surface area contributed by atoms with Crippen molar-refractivity contribution in [1.82, 2.24) is 0 Å². The monoisotopic (exact) mass is 334 g/mol. The number of rotatable bonds is 6. The predicted molar refractivity (Wildman–Crippen MR) is 90.3 cm³/mol. The SMILES string of the molecule is Cc1ccc([N+](=O)[O-])c(N[C@H](CS(C)(=O)=O)c2ccccc2)c1. The molecule has 1 N–H and O–H groups in total. The van der Waals surface area contributed by atoms with Gasteiger partial charge in [-0.3, -0.25) is 10.1 Å². The summed E-state index contributed by atoms with van der Waals surface area (Å²) in [6.07, 6.45) is 1.15. The molecule has 6 nitrogen and oxygen atoms in total.